The number of carboxylic acids is 2. The molecule has 0 radical (unpaired) electrons. The van der Waals surface area contributed by atoms with E-state index in [2.05, 4.69) is 20.6 Å². The summed E-state index contributed by atoms with van der Waals surface area (Å²) in [5, 5.41) is 31.1. The molecular formula is C19H22F3N5O5. The Hall–Kier alpha value is -3.95. The number of halogens is 3. The minimum Gasteiger partial charge on any atom is -0.493 e. The van der Waals surface area contributed by atoms with Crippen LogP contribution in [0.2, 0.25) is 0 Å². The zero-order valence-electron chi connectivity index (χ0n) is 17.2. The van der Waals surface area contributed by atoms with Gasteiger partial charge in [0.25, 0.3) is 0 Å². The summed E-state index contributed by atoms with van der Waals surface area (Å²) in [6, 6.07) is 5.56. The predicted molar refractivity (Wildman–Crippen MR) is 108 cm³/mol. The first-order chi connectivity index (χ1) is 15.0. The summed E-state index contributed by atoms with van der Waals surface area (Å²) in [5.41, 5.74) is 1.60. The van der Waals surface area contributed by atoms with Crippen LogP contribution in [0.25, 0.3) is 10.9 Å². The van der Waals surface area contributed by atoms with Gasteiger partial charge in [-0.2, -0.15) is 18.4 Å². The number of nitrogens with one attached hydrogen (secondary N) is 3. The normalized spacial score (nSPS) is 12.2. The number of carbonyl (C=O) groups is 2. The molecule has 0 saturated heterocycles. The van der Waals surface area contributed by atoms with Gasteiger partial charge >= 0.3 is 18.1 Å². The lowest BCUT2D eigenvalue weighted by Crippen LogP contribution is -2.35. The number of aromatic nitrogens is 1. The highest BCUT2D eigenvalue weighted by molar-refractivity contribution is 5.89. The fourth-order valence-corrected chi connectivity index (χ4v) is 2.41. The van der Waals surface area contributed by atoms with Crippen molar-refractivity contribution < 1.29 is 37.7 Å². The van der Waals surface area contributed by atoms with Crippen molar-refractivity contribution in [1.29, 1.82) is 5.26 Å². The van der Waals surface area contributed by atoms with E-state index in [-0.39, 0.29) is 0 Å². The van der Waals surface area contributed by atoms with Crippen molar-refractivity contribution in [3.63, 3.8) is 0 Å². The van der Waals surface area contributed by atoms with Crippen molar-refractivity contribution in [3.8, 4) is 11.9 Å². The van der Waals surface area contributed by atoms with Gasteiger partial charge in [-0.1, -0.05) is 0 Å². The van der Waals surface area contributed by atoms with E-state index in [1.165, 1.54) is 0 Å². The predicted octanol–water partition coefficient (Wildman–Crippen LogP) is 2.40. The van der Waals surface area contributed by atoms with Crippen molar-refractivity contribution in [2.75, 3.05) is 20.2 Å². The number of nitriles is 1. The standard InChI is InChI=1S/C17H21N5O3.C2HF3O2/c1-11(16(23)24)14-9-21-15-8-12(4-5-13(14)15)25-7-3-6-20-17(19-2)22-10-18;3-2(4,5)1(6)7/h4-5,8-9,11,21H,3,6-7H2,1-2H3,(H,23,24)(H2,19,20,22);(H,6,7). The molecule has 1 heterocycles. The molecule has 0 aliphatic heterocycles. The summed E-state index contributed by atoms with van der Waals surface area (Å²) in [6.45, 7) is 2.78. The number of aliphatic imine (C=N–C) groups is 1. The van der Waals surface area contributed by atoms with Gasteiger partial charge in [0.15, 0.2) is 6.19 Å². The fourth-order valence-electron chi connectivity index (χ4n) is 2.41. The Morgan fingerprint density at radius 1 is 1.34 bits per heavy atom. The van der Waals surface area contributed by atoms with Crippen LogP contribution >= 0.6 is 0 Å². The number of alkyl halides is 3. The third-order valence-corrected chi connectivity index (χ3v) is 4.04. The number of nitrogens with zero attached hydrogens (tertiary/aromatic N) is 2. The van der Waals surface area contributed by atoms with Gasteiger partial charge in [0.1, 0.15) is 5.75 Å². The quantitative estimate of drug-likeness (QED) is 0.139. The number of hydrogen-bond donors (Lipinski definition) is 5. The molecule has 10 nitrogen and oxygen atoms in total. The van der Waals surface area contributed by atoms with Crippen LogP contribution in [-0.2, 0) is 9.59 Å². The van der Waals surface area contributed by atoms with Crippen molar-refractivity contribution in [2.24, 2.45) is 4.99 Å². The Labute approximate surface area is 180 Å². The van der Waals surface area contributed by atoms with E-state index in [0.717, 1.165) is 22.9 Å². The number of benzene rings is 1. The molecule has 5 N–H and O–H groups in total. The molecule has 32 heavy (non-hydrogen) atoms. The van der Waals surface area contributed by atoms with Gasteiger partial charge in [-0.05, 0) is 31.0 Å². The van der Waals surface area contributed by atoms with Gasteiger partial charge in [-0.3, -0.25) is 15.1 Å². The molecule has 1 aromatic heterocycles. The highest BCUT2D eigenvalue weighted by Gasteiger charge is 2.38. The van der Waals surface area contributed by atoms with Crippen LogP contribution in [-0.4, -0.2) is 59.5 Å². The molecule has 1 aromatic carbocycles. The van der Waals surface area contributed by atoms with Gasteiger partial charge in [0.2, 0.25) is 5.96 Å². The number of aliphatic carboxylic acids is 2. The van der Waals surface area contributed by atoms with Crippen molar-refractivity contribution >= 4 is 28.8 Å². The smallest absolute Gasteiger partial charge is 0.490 e. The molecule has 1 atom stereocenters. The number of hydrogen-bond acceptors (Lipinski definition) is 5. The average Bonchev–Trinajstić information content (AvgIpc) is 3.15. The largest absolute Gasteiger partial charge is 0.493 e. The molecule has 174 valence electrons. The molecule has 1 unspecified atom stereocenters. The molecular weight excluding hydrogens is 435 g/mol. The lowest BCUT2D eigenvalue weighted by atomic mass is 10.0. The molecule has 0 fully saturated rings. The van der Waals surface area contributed by atoms with E-state index in [1.54, 1.807) is 26.4 Å². The van der Waals surface area contributed by atoms with E-state index in [4.69, 9.17) is 25.0 Å². The minimum atomic E-state index is -5.08. The summed E-state index contributed by atoms with van der Waals surface area (Å²) in [4.78, 5) is 27.0. The molecule has 0 bridgehead atoms. The van der Waals surface area contributed by atoms with Gasteiger partial charge in [-0.15, -0.1) is 0 Å². The number of carboxylic acid groups (broad SMARTS) is 2. The van der Waals surface area contributed by atoms with E-state index < -0.39 is 24.0 Å². The number of ether oxygens (including phenoxy) is 1. The second-order valence-electron chi connectivity index (χ2n) is 6.25. The second-order valence-corrected chi connectivity index (χ2v) is 6.25. The van der Waals surface area contributed by atoms with Crippen molar-refractivity contribution in [2.45, 2.75) is 25.4 Å². The summed E-state index contributed by atoms with van der Waals surface area (Å²) in [7, 11) is 1.59. The summed E-state index contributed by atoms with van der Waals surface area (Å²) < 4.78 is 37.4. The van der Waals surface area contributed by atoms with Crippen LogP contribution in [0.1, 0.15) is 24.8 Å². The topological polar surface area (TPSA) is 160 Å². The third kappa shape index (κ3) is 8.05. The Morgan fingerprint density at radius 2 is 2.00 bits per heavy atom. The molecule has 2 aromatic rings. The molecule has 0 aliphatic carbocycles. The van der Waals surface area contributed by atoms with Gasteiger partial charge in [0.05, 0.1) is 12.5 Å². The fraction of sp³-hybridized carbons (Fsp3) is 0.368. The van der Waals surface area contributed by atoms with Crippen LogP contribution in [0, 0.1) is 11.5 Å². The zero-order valence-corrected chi connectivity index (χ0v) is 17.2. The Kier molecular flexibility index (Phi) is 9.81. The lowest BCUT2D eigenvalue weighted by molar-refractivity contribution is -0.192. The van der Waals surface area contributed by atoms with Crippen molar-refractivity contribution in [1.82, 2.24) is 15.6 Å². The van der Waals surface area contributed by atoms with Crippen LogP contribution < -0.4 is 15.4 Å². The molecule has 2 rings (SSSR count). The highest BCUT2D eigenvalue weighted by atomic mass is 19.4. The first-order valence-corrected chi connectivity index (χ1v) is 9.13. The molecule has 0 aliphatic rings. The van der Waals surface area contributed by atoms with E-state index in [9.17, 15) is 18.0 Å². The zero-order chi connectivity index (χ0) is 24.3. The first-order valence-electron chi connectivity index (χ1n) is 9.13. The third-order valence-electron chi connectivity index (χ3n) is 4.04. The second kappa shape index (κ2) is 12.0. The molecule has 0 spiro atoms. The Bertz CT molecular complexity index is 997. The number of H-pyrrole nitrogens is 1. The lowest BCUT2D eigenvalue weighted by Gasteiger charge is -2.09. The monoisotopic (exact) mass is 457 g/mol. The SMILES string of the molecule is CN=C(NC#N)NCCCOc1ccc2c(C(C)C(=O)O)c[nH]c2c1.O=C(O)C(F)(F)F. The minimum absolute atomic E-state index is 0.426. The summed E-state index contributed by atoms with van der Waals surface area (Å²) in [5.74, 6) is -3.04. The van der Waals surface area contributed by atoms with Gasteiger partial charge < -0.3 is 25.3 Å². The van der Waals surface area contributed by atoms with Crippen LogP contribution in [0.4, 0.5) is 13.2 Å². The number of rotatable bonds is 7. The van der Waals surface area contributed by atoms with Gasteiger partial charge in [-0.25, -0.2) is 4.79 Å². The van der Waals surface area contributed by atoms with E-state index in [1.807, 2.05) is 18.2 Å². The maximum atomic E-state index is 11.1. The van der Waals surface area contributed by atoms with Crippen LogP contribution in [0.5, 0.6) is 5.75 Å². The maximum Gasteiger partial charge on any atom is 0.490 e. The Morgan fingerprint density at radius 3 is 2.53 bits per heavy atom. The Balaban J connectivity index is 0.000000633. The van der Waals surface area contributed by atoms with Gasteiger partial charge in [0, 0.05) is 36.8 Å². The molecule has 13 heteroatoms. The maximum absolute atomic E-state index is 11.1. The van der Waals surface area contributed by atoms with Crippen LogP contribution in [0.3, 0.4) is 0 Å². The number of fused-ring (bicyclic) bond motifs is 1. The summed E-state index contributed by atoms with van der Waals surface area (Å²) >= 11 is 0. The average molecular weight is 457 g/mol. The highest BCUT2D eigenvalue weighted by Crippen LogP contribution is 2.28. The van der Waals surface area contributed by atoms with E-state index in [0.29, 0.717) is 24.9 Å². The summed E-state index contributed by atoms with van der Waals surface area (Å²) in [6.07, 6.45) is -0.819. The number of guanidine groups is 1. The van der Waals surface area contributed by atoms with Crippen molar-refractivity contribution in [3.05, 3.63) is 30.0 Å². The molecule has 0 saturated carbocycles. The first kappa shape index (κ1) is 26.1. The molecule has 0 amide bonds. The van der Waals surface area contributed by atoms with Crippen LogP contribution in [0.15, 0.2) is 29.4 Å². The van der Waals surface area contributed by atoms with E-state index >= 15 is 0 Å². The number of aromatic amines is 1.